The molecule has 0 radical (unpaired) electrons. The number of aryl methyl sites for hydroxylation is 1. The molecule has 4 aromatic rings. The van der Waals surface area contributed by atoms with Crippen LogP contribution in [0.4, 0.5) is 0 Å². The SMILES string of the molecule is Cc1ccc(/C(=C\CN2CCCC2)c2ccccn2)cc1.N[C@@H](Cc1cc(I)c(Oc2cc(I)c(O)c(I)c2)c(I)c1)C(=O)O. The molecule has 1 atom stereocenters. The van der Waals surface area contributed by atoms with E-state index in [9.17, 15) is 9.90 Å². The normalized spacial score (nSPS) is 14.0. The molecule has 0 saturated carbocycles. The summed E-state index contributed by atoms with van der Waals surface area (Å²) < 4.78 is 9.14. The van der Waals surface area contributed by atoms with Crippen LogP contribution in [-0.2, 0) is 11.2 Å². The van der Waals surface area contributed by atoms with Crippen LogP contribution in [0.3, 0.4) is 0 Å². The number of likely N-dealkylation sites (tertiary alicyclic amines) is 1. The number of phenolic OH excluding ortho intramolecular Hbond substituents is 1. The van der Waals surface area contributed by atoms with Crippen LogP contribution in [0.15, 0.2) is 79.0 Å². The maximum absolute atomic E-state index is 10.9. The molecular weight excluding hydrogens is 1020 g/mol. The van der Waals surface area contributed by atoms with Gasteiger partial charge in [-0.2, -0.15) is 0 Å². The minimum absolute atomic E-state index is 0.242. The molecule has 1 fully saturated rings. The quantitative estimate of drug-likeness (QED) is 0.145. The first kappa shape index (κ1) is 36.3. The van der Waals surface area contributed by atoms with Crippen LogP contribution in [0, 0.1) is 21.2 Å². The van der Waals surface area contributed by atoms with Gasteiger partial charge < -0.3 is 20.7 Å². The average molecular weight is 1060 g/mol. The van der Waals surface area contributed by atoms with E-state index in [2.05, 4.69) is 150 Å². The van der Waals surface area contributed by atoms with E-state index in [0.717, 1.165) is 24.9 Å². The van der Waals surface area contributed by atoms with Gasteiger partial charge in [-0.15, -0.1) is 0 Å². The number of carboxylic acid groups (broad SMARTS) is 1. The fraction of sp³-hybridized carbons (Fsp3) is 0.235. The van der Waals surface area contributed by atoms with Crippen molar-refractivity contribution in [1.29, 1.82) is 0 Å². The van der Waals surface area contributed by atoms with E-state index in [-0.39, 0.29) is 12.2 Å². The molecule has 4 N–H and O–H groups in total. The lowest BCUT2D eigenvalue weighted by molar-refractivity contribution is -0.138. The molecule has 1 aliphatic heterocycles. The Morgan fingerprint density at radius 3 is 2.16 bits per heavy atom. The summed E-state index contributed by atoms with van der Waals surface area (Å²) in [6, 6.07) is 21.2. The summed E-state index contributed by atoms with van der Waals surface area (Å²) in [6.07, 6.45) is 7.12. The molecule has 3 aromatic carbocycles. The second-order valence-electron chi connectivity index (χ2n) is 10.6. The van der Waals surface area contributed by atoms with Crippen molar-refractivity contribution in [1.82, 2.24) is 9.88 Å². The first-order valence-corrected chi connectivity index (χ1v) is 18.6. The topological polar surface area (TPSA) is 109 Å². The third kappa shape index (κ3) is 10.7. The van der Waals surface area contributed by atoms with Gasteiger partial charge in [0.05, 0.1) is 20.0 Å². The number of hydrogen-bond donors (Lipinski definition) is 3. The van der Waals surface area contributed by atoms with Crippen LogP contribution in [-0.4, -0.2) is 51.7 Å². The molecule has 2 heterocycles. The summed E-state index contributed by atoms with van der Waals surface area (Å²) in [5.41, 5.74) is 11.3. The Labute approximate surface area is 318 Å². The summed E-state index contributed by atoms with van der Waals surface area (Å²) in [7, 11) is 0. The largest absolute Gasteiger partial charge is 0.506 e. The van der Waals surface area contributed by atoms with E-state index in [1.54, 1.807) is 12.1 Å². The summed E-state index contributed by atoms with van der Waals surface area (Å²) in [4.78, 5) is 17.9. The molecular formula is C34H33I4N3O4. The number of carboxylic acids is 1. The van der Waals surface area contributed by atoms with Gasteiger partial charge in [0, 0.05) is 18.3 Å². The molecule has 1 saturated heterocycles. The van der Waals surface area contributed by atoms with Gasteiger partial charge >= 0.3 is 5.97 Å². The molecule has 7 nitrogen and oxygen atoms in total. The lowest BCUT2D eigenvalue weighted by Crippen LogP contribution is -2.32. The number of nitrogens with zero attached hydrogens (tertiary/aromatic N) is 2. The minimum atomic E-state index is -1.02. The van der Waals surface area contributed by atoms with Gasteiger partial charge in [-0.1, -0.05) is 42.0 Å². The van der Waals surface area contributed by atoms with Crippen molar-refractivity contribution in [2.45, 2.75) is 32.2 Å². The number of hydrogen-bond acceptors (Lipinski definition) is 6. The van der Waals surface area contributed by atoms with E-state index in [0.29, 0.717) is 18.6 Å². The van der Waals surface area contributed by atoms with Crippen molar-refractivity contribution in [2.24, 2.45) is 5.73 Å². The summed E-state index contributed by atoms with van der Waals surface area (Å²) in [5, 5.41) is 18.8. The smallest absolute Gasteiger partial charge is 0.320 e. The van der Waals surface area contributed by atoms with Gasteiger partial charge in [0.1, 0.15) is 17.5 Å². The molecule has 11 heteroatoms. The van der Waals surface area contributed by atoms with E-state index in [1.807, 2.05) is 24.4 Å². The number of halogens is 4. The Balaban J connectivity index is 0.000000206. The first-order chi connectivity index (χ1) is 21.5. The van der Waals surface area contributed by atoms with Crippen molar-refractivity contribution in [2.75, 3.05) is 19.6 Å². The highest BCUT2D eigenvalue weighted by Crippen LogP contribution is 2.37. The third-order valence-electron chi connectivity index (χ3n) is 7.10. The number of aliphatic carboxylic acids is 1. The van der Waals surface area contributed by atoms with Crippen LogP contribution < -0.4 is 10.5 Å². The van der Waals surface area contributed by atoms with Crippen molar-refractivity contribution in [3.63, 3.8) is 0 Å². The Morgan fingerprint density at radius 2 is 1.60 bits per heavy atom. The molecule has 0 bridgehead atoms. The number of aromatic hydroxyl groups is 1. The van der Waals surface area contributed by atoms with Crippen LogP contribution >= 0.6 is 90.4 Å². The number of ether oxygens (including phenoxy) is 1. The maximum atomic E-state index is 10.9. The first-order valence-electron chi connectivity index (χ1n) is 14.2. The zero-order valence-corrected chi connectivity index (χ0v) is 33.2. The summed E-state index contributed by atoms with van der Waals surface area (Å²) in [5.74, 6) is 0.549. The number of benzene rings is 3. The molecule has 1 aliphatic rings. The molecule has 0 unspecified atom stereocenters. The zero-order chi connectivity index (χ0) is 32.5. The van der Waals surface area contributed by atoms with Gasteiger partial charge in [0.25, 0.3) is 0 Å². The Kier molecular flexibility index (Phi) is 14.2. The van der Waals surface area contributed by atoms with Crippen LogP contribution in [0.5, 0.6) is 17.2 Å². The molecule has 45 heavy (non-hydrogen) atoms. The predicted molar refractivity (Wildman–Crippen MR) is 213 cm³/mol. The standard InChI is InChI=1S/C19H22N2.C15H11I4NO4/c1-16-7-9-17(10-8-16)18(19-6-2-3-12-20-19)11-15-21-13-4-5-14-21;16-8-4-7(5-9(17)13(8)21)24-14-10(18)1-6(2-11(14)19)3-12(20)15(22)23/h2-3,6-12H,4-5,13-15H2,1H3;1-2,4-5,12,21H,3,20H2,(H,22,23)/b18-11+;/t;12-/m.0/s1. The number of pyridine rings is 1. The van der Waals surface area contributed by atoms with Gasteiger partial charge in [-0.3, -0.25) is 14.7 Å². The van der Waals surface area contributed by atoms with Crippen LogP contribution in [0.2, 0.25) is 0 Å². The Bertz CT molecular complexity index is 1600. The van der Waals surface area contributed by atoms with Crippen LogP contribution in [0.25, 0.3) is 5.57 Å². The number of nitrogens with two attached hydrogens (primary N) is 1. The van der Waals surface area contributed by atoms with Crippen molar-refractivity contribution >= 4 is 102 Å². The van der Waals surface area contributed by atoms with E-state index in [4.69, 9.17) is 15.6 Å². The van der Waals surface area contributed by atoms with Gasteiger partial charge in [-0.05, 0) is 177 Å². The van der Waals surface area contributed by atoms with Gasteiger partial charge in [0.2, 0.25) is 0 Å². The van der Waals surface area contributed by atoms with Gasteiger partial charge in [0.15, 0.2) is 5.75 Å². The molecule has 0 aliphatic carbocycles. The molecule has 0 spiro atoms. The van der Waals surface area contributed by atoms with Crippen LogP contribution in [0.1, 0.15) is 35.2 Å². The molecule has 0 amide bonds. The maximum Gasteiger partial charge on any atom is 0.320 e. The lowest BCUT2D eigenvalue weighted by Gasteiger charge is -2.14. The van der Waals surface area contributed by atoms with Crippen molar-refractivity contribution < 1.29 is 19.7 Å². The summed E-state index contributed by atoms with van der Waals surface area (Å²) >= 11 is 8.42. The number of carbonyl (C=O) groups is 1. The van der Waals surface area contributed by atoms with Gasteiger partial charge in [-0.25, -0.2) is 0 Å². The van der Waals surface area contributed by atoms with Crippen molar-refractivity contribution in [3.05, 3.63) is 116 Å². The predicted octanol–water partition coefficient (Wildman–Crippen LogP) is 8.47. The number of aromatic nitrogens is 1. The minimum Gasteiger partial charge on any atom is -0.506 e. The van der Waals surface area contributed by atoms with E-state index < -0.39 is 12.0 Å². The second-order valence-corrected chi connectivity index (χ2v) is 15.2. The number of phenols is 1. The average Bonchev–Trinajstić information content (AvgIpc) is 3.53. The second kappa shape index (κ2) is 17.6. The fourth-order valence-corrected chi connectivity index (χ4v) is 8.53. The Morgan fingerprint density at radius 1 is 0.978 bits per heavy atom. The lowest BCUT2D eigenvalue weighted by atomic mass is 10.0. The number of rotatable bonds is 9. The van der Waals surface area contributed by atoms with E-state index >= 15 is 0 Å². The third-order valence-corrected chi connectivity index (χ3v) is 10.3. The monoisotopic (exact) mass is 1050 g/mol. The highest BCUT2D eigenvalue weighted by molar-refractivity contribution is 14.1. The Hall–Kier alpha value is -1.54. The highest BCUT2D eigenvalue weighted by atomic mass is 127. The zero-order valence-electron chi connectivity index (χ0n) is 24.5. The fourth-order valence-electron chi connectivity index (χ4n) is 4.70. The highest BCUT2D eigenvalue weighted by Gasteiger charge is 2.17. The van der Waals surface area contributed by atoms with E-state index in [1.165, 1.54) is 42.6 Å². The summed E-state index contributed by atoms with van der Waals surface area (Å²) in [6.45, 7) is 5.58. The molecule has 1 aromatic heterocycles. The van der Waals surface area contributed by atoms with Crippen molar-refractivity contribution in [3.8, 4) is 17.2 Å². The molecule has 5 rings (SSSR count). The molecule has 236 valence electrons.